The summed E-state index contributed by atoms with van der Waals surface area (Å²) in [5, 5.41) is 7.05. The standard InChI is InChI=1S/C21H27N3OS/c1-25-20-7-5-6-19(14-20)23-21(26)22-15-17-8-10-18(11-9-17)16-24-12-3-2-4-13-24/h5-11,14H,2-4,12-13,15-16H2,1H3,(H2,22,23,26). The SMILES string of the molecule is COc1cccc(NC(=S)NCc2ccc(CN3CCCCC3)cc2)c1. The van der Waals surface area contributed by atoms with Crippen molar-refractivity contribution in [1.29, 1.82) is 0 Å². The van der Waals surface area contributed by atoms with Gasteiger partial charge in [0, 0.05) is 24.8 Å². The fraction of sp³-hybridized carbons (Fsp3) is 0.381. The molecule has 138 valence electrons. The molecule has 0 saturated carbocycles. The van der Waals surface area contributed by atoms with Gasteiger partial charge in [-0.15, -0.1) is 0 Å². The van der Waals surface area contributed by atoms with Gasteiger partial charge in [0.15, 0.2) is 5.11 Å². The van der Waals surface area contributed by atoms with Crippen LogP contribution < -0.4 is 15.4 Å². The second-order valence-electron chi connectivity index (χ2n) is 6.69. The van der Waals surface area contributed by atoms with E-state index in [9.17, 15) is 0 Å². The molecule has 0 radical (unpaired) electrons. The van der Waals surface area contributed by atoms with E-state index in [2.05, 4.69) is 39.8 Å². The molecule has 1 fully saturated rings. The van der Waals surface area contributed by atoms with Crippen LogP contribution in [0.25, 0.3) is 0 Å². The highest BCUT2D eigenvalue weighted by molar-refractivity contribution is 7.80. The summed E-state index contributed by atoms with van der Waals surface area (Å²) in [6.45, 7) is 4.23. The highest BCUT2D eigenvalue weighted by Gasteiger charge is 2.10. The Bertz CT molecular complexity index is 711. The van der Waals surface area contributed by atoms with Crippen molar-refractivity contribution in [2.45, 2.75) is 32.4 Å². The molecule has 2 N–H and O–H groups in total. The van der Waals surface area contributed by atoms with Crippen LogP contribution in [0.5, 0.6) is 5.75 Å². The molecule has 4 nitrogen and oxygen atoms in total. The molecule has 1 aliphatic rings. The molecular weight excluding hydrogens is 342 g/mol. The van der Waals surface area contributed by atoms with Crippen molar-refractivity contribution < 1.29 is 4.74 Å². The number of benzene rings is 2. The summed E-state index contributed by atoms with van der Waals surface area (Å²) in [6, 6.07) is 16.5. The highest BCUT2D eigenvalue weighted by atomic mass is 32.1. The Hall–Kier alpha value is -2.11. The summed E-state index contributed by atoms with van der Waals surface area (Å²) in [5.41, 5.74) is 3.52. The molecule has 2 aromatic rings. The fourth-order valence-corrected chi connectivity index (χ4v) is 3.39. The maximum absolute atomic E-state index is 5.38. The van der Waals surface area contributed by atoms with Crippen molar-refractivity contribution in [2.24, 2.45) is 0 Å². The van der Waals surface area contributed by atoms with Crippen molar-refractivity contribution >= 4 is 23.0 Å². The first-order chi connectivity index (χ1) is 12.7. The molecule has 0 bridgehead atoms. The number of methoxy groups -OCH3 is 1. The lowest BCUT2D eigenvalue weighted by molar-refractivity contribution is 0.221. The van der Waals surface area contributed by atoms with Gasteiger partial charge in [-0.05, 0) is 61.4 Å². The Kier molecular flexibility index (Phi) is 6.86. The molecule has 0 amide bonds. The summed E-state index contributed by atoms with van der Waals surface area (Å²) < 4.78 is 5.22. The summed E-state index contributed by atoms with van der Waals surface area (Å²) in [7, 11) is 1.66. The lowest BCUT2D eigenvalue weighted by Gasteiger charge is -2.26. The molecule has 3 rings (SSSR count). The average molecular weight is 370 g/mol. The van der Waals surface area contributed by atoms with Crippen LogP contribution in [-0.4, -0.2) is 30.2 Å². The predicted octanol–water partition coefficient (Wildman–Crippen LogP) is 4.17. The number of hydrogen-bond donors (Lipinski definition) is 2. The van der Waals surface area contributed by atoms with Crippen molar-refractivity contribution in [1.82, 2.24) is 10.2 Å². The quantitative estimate of drug-likeness (QED) is 0.748. The minimum Gasteiger partial charge on any atom is -0.497 e. The molecule has 1 saturated heterocycles. The number of nitrogens with zero attached hydrogens (tertiary/aromatic N) is 1. The minimum absolute atomic E-state index is 0.607. The van der Waals surface area contributed by atoms with Gasteiger partial charge in [0.2, 0.25) is 0 Å². The summed E-state index contributed by atoms with van der Waals surface area (Å²) in [5.74, 6) is 0.807. The first-order valence-corrected chi connectivity index (χ1v) is 9.63. The second kappa shape index (κ2) is 9.55. The lowest BCUT2D eigenvalue weighted by atomic mass is 10.1. The second-order valence-corrected chi connectivity index (χ2v) is 7.10. The molecular formula is C21H27N3OS. The van der Waals surface area contributed by atoms with Crippen molar-refractivity contribution in [2.75, 3.05) is 25.5 Å². The molecule has 1 aliphatic heterocycles. The van der Waals surface area contributed by atoms with Crippen LogP contribution in [0.4, 0.5) is 5.69 Å². The average Bonchev–Trinajstić information content (AvgIpc) is 2.68. The number of thiocarbonyl (C=S) groups is 1. The third-order valence-corrected chi connectivity index (χ3v) is 4.90. The number of hydrogen-bond acceptors (Lipinski definition) is 3. The van der Waals surface area contributed by atoms with E-state index in [1.165, 1.54) is 43.5 Å². The lowest BCUT2D eigenvalue weighted by Crippen LogP contribution is -2.29. The van der Waals surface area contributed by atoms with Crippen LogP contribution in [0.2, 0.25) is 0 Å². The third kappa shape index (κ3) is 5.71. The van der Waals surface area contributed by atoms with E-state index >= 15 is 0 Å². The van der Waals surface area contributed by atoms with Gasteiger partial charge in [0.05, 0.1) is 7.11 Å². The maximum Gasteiger partial charge on any atom is 0.171 e. The van der Waals surface area contributed by atoms with Crippen LogP contribution in [0, 0.1) is 0 Å². The Morgan fingerprint density at radius 1 is 1.04 bits per heavy atom. The zero-order valence-corrected chi connectivity index (χ0v) is 16.1. The highest BCUT2D eigenvalue weighted by Crippen LogP contribution is 2.17. The van der Waals surface area contributed by atoms with Crippen LogP contribution in [0.15, 0.2) is 48.5 Å². The zero-order valence-electron chi connectivity index (χ0n) is 15.3. The van der Waals surface area contributed by atoms with E-state index in [0.29, 0.717) is 11.7 Å². The predicted molar refractivity (Wildman–Crippen MR) is 112 cm³/mol. The number of ether oxygens (including phenoxy) is 1. The smallest absolute Gasteiger partial charge is 0.171 e. The van der Waals surface area contributed by atoms with Gasteiger partial charge in [-0.2, -0.15) is 0 Å². The van der Waals surface area contributed by atoms with Crippen LogP contribution in [-0.2, 0) is 13.1 Å². The Morgan fingerprint density at radius 3 is 2.50 bits per heavy atom. The van der Waals surface area contributed by atoms with E-state index in [1.807, 2.05) is 24.3 Å². The van der Waals surface area contributed by atoms with Crippen LogP contribution >= 0.6 is 12.2 Å². The molecule has 0 aliphatic carbocycles. The minimum atomic E-state index is 0.607. The van der Waals surface area contributed by atoms with Gasteiger partial charge in [0.1, 0.15) is 5.75 Å². The number of anilines is 1. The zero-order chi connectivity index (χ0) is 18.2. The van der Waals surface area contributed by atoms with E-state index in [4.69, 9.17) is 17.0 Å². The van der Waals surface area contributed by atoms with Gasteiger partial charge in [0.25, 0.3) is 0 Å². The van der Waals surface area contributed by atoms with E-state index in [1.54, 1.807) is 7.11 Å². The van der Waals surface area contributed by atoms with Gasteiger partial charge < -0.3 is 15.4 Å². The number of nitrogens with one attached hydrogen (secondary N) is 2. The Labute approximate surface area is 161 Å². The van der Waals surface area contributed by atoms with Crippen LogP contribution in [0.3, 0.4) is 0 Å². The van der Waals surface area contributed by atoms with Gasteiger partial charge >= 0.3 is 0 Å². The molecule has 1 heterocycles. The Morgan fingerprint density at radius 2 is 1.77 bits per heavy atom. The first kappa shape index (κ1) is 18.7. The third-order valence-electron chi connectivity index (χ3n) is 4.66. The summed E-state index contributed by atoms with van der Waals surface area (Å²) in [4.78, 5) is 2.55. The topological polar surface area (TPSA) is 36.5 Å². The van der Waals surface area contributed by atoms with Crippen molar-refractivity contribution in [3.05, 3.63) is 59.7 Å². The summed E-state index contributed by atoms with van der Waals surface area (Å²) >= 11 is 5.38. The molecule has 0 spiro atoms. The molecule has 2 aromatic carbocycles. The maximum atomic E-state index is 5.38. The van der Waals surface area contributed by atoms with Crippen LogP contribution in [0.1, 0.15) is 30.4 Å². The van der Waals surface area contributed by atoms with Gasteiger partial charge in [-0.3, -0.25) is 4.90 Å². The summed E-state index contributed by atoms with van der Waals surface area (Å²) in [6.07, 6.45) is 4.05. The van der Waals surface area contributed by atoms with Gasteiger partial charge in [-0.25, -0.2) is 0 Å². The molecule has 0 atom stereocenters. The molecule has 0 unspecified atom stereocenters. The van der Waals surface area contributed by atoms with Gasteiger partial charge in [-0.1, -0.05) is 36.8 Å². The fourth-order valence-electron chi connectivity index (χ4n) is 3.20. The van der Waals surface area contributed by atoms with E-state index in [-0.39, 0.29) is 0 Å². The Balaban J connectivity index is 1.45. The van der Waals surface area contributed by atoms with Crippen molar-refractivity contribution in [3.63, 3.8) is 0 Å². The normalized spacial score (nSPS) is 14.7. The van der Waals surface area contributed by atoms with Crippen molar-refractivity contribution in [3.8, 4) is 5.75 Å². The number of likely N-dealkylation sites (tertiary alicyclic amines) is 1. The molecule has 26 heavy (non-hydrogen) atoms. The van der Waals surface area contributed by atoms with E-state index < -0.39 is 0 Å². The largest absolute Gasteiger partial charge is 0.497 e. The van der Waals surface area contributed by atoms with E-state index in [0.717, 1.165) is 18.0 Å². The molecule has 5 heteroatoms. The monoisotopic (exact) mass is 369 g/mol. The first-order valence-electron chi connectivity index (χ1n) is 9.22. The number of piperidine rings is 1. The number of rotatable bonds is 6. The molecule has 0 aromatic heterocycles.